The number of rotatable bonds is 4. The van der Waals surface area contributed by atoms with Crippen LogP contribution in [-0.2, 0) is 4.79 Å². The van der Waals surface area contributed by atoms with Gasteiger partial charge in [-0.3, -0.25) is 4.79 Å². The van der Waals surface area contributed by atoms with Crippen LogP contribution in [0.4, 0.5) is 0 Å². The van der Waals surface area contributed by atoms with Crippen molar-refractivity contribution >= 4 is 17.5 Å². The van der Waals surface area contributed by atoms with Gasteiger partial charge in [-0.25, -0.2) is 0 Å². The van der Waals surface area contributed by atoms with E-state index in [4.69, 9.17) is 11.6 Å². The topological polar surface area (TPSA) is 32.3 Å². The van der Waals surface area contributed by atoms with Gasteiger partial charge in [0.1, 0.15) is 0 Å². The standard InChI is InChI=1S/C17H25ClN2O/c1-17(2,3)19-10-9-16(21)20-11-5-8-15(20)13-6-4-7-14(18)12-13/h4,6-7,12,15,19H,5,8-11H2,1-3H3. The highest BCUT2D eigenvalue weighted by molar-refractivity contribution is 6.30. The number of nitrogens with zero attached hydrogens (tertiary/aromatic N) is 1. The van der Waals surface area contributed by atoms with Crippen LogP contribution in [0, 0.1) is 0 Å². The molecule has 1 unspecified atom stereocenters. The summed E-state index contributed by atoms with van der Waals surface area (Å²) in [5.74, 6) is 0.231. The number of carbonyl (C=O) groups excluding carboxylic acids is 1. The Labute approximate surface area is 132 Å². The Kier molecular flexibility index (Phi) is 5.28. The molecule has 0 spiro atoms. The molecule has 1 amide bonds. The highest BCUT2D eigenvalue weighted by Gasteiger charge is 2.29. The van der Waals surface area contributed by atoms with E-state index < -0.39 is 0 Å². The summed E-state index contributed by atoms with van der Waals surface area (Å²) in [5, 5.41) is 4.11. The van der Waals surface area contributed by atoms with Gasteiger partial charge in [-0.1, -0.05) is 23.7 Å². The minimum absolute atomic E-state index is 0.0532. The Hall–Kier alpha value is -1.06. The van der Waals surface area contributed by atoms with E-state index in [0.29, 0.717) is 6.42 Å². The summed E-state index contributed by atoms with van der Waals surface area (Å²) in [5.41, 5.74) is 1.20. The van der Waals surface area contributed by atoms with Crippen LogP contribution in [0.2, 0.25) is 5.02 Å². The van der Waals surface area contributed by atoms with Crippen LogP contribution in [0.3, 0.4) is 0 Å². The van der Waals surface area contributed by atoms with Crippen molar-refractivity contribution < 1.29 is 4.79 Å². The molecule has 1 aliphatic heterocycles. The lowest BCUT2D eigenvalue weighted by Gasteiger charge is -2.26. The van der Waals surface area contributed by atoms with E-state index in [2.05, 4.69) is 32.2 Å². The summed E-state index contributed by atoms with van der Waals surface area (Å²) in [7, 11) is 0. The van der Waals surface area contributed by atoms with E-state index in [-0.39, 0.29) is 17.5 Å². The predicted molar refractivity (Wildman–Crippen MR) is 87.5 cm³/mol. The van der Waals surface area contributed by atoms with Crippen molar-refractivity contribution in [1.29, 1.82) is 0 Å². The van der Waals surface area contributed by atoms with Gasteiger partial charge in [0.25, 0.3) is 0 Å². The highest BCUT2D eigenvalue weighted by Crippen LogP contribution is 2.33. The van der Waals surface area contributed by atoms with Gasteiger partial charge in [-0.15, -0.1) is 0 Å². The molecule has 1 aromatic carbocycles. The van der Waals surface area contributed by atoms with Crippen LogP contribution in [-0.4, -0.2) is 29.4 Å². The Morgan fingerprint density at radius 2 is 2.19 bits per heavy atom. The fourth-order valence-corrected chi connectivity index (χ4v) is 3.01. The normalized spacial score (nSPS) is 19.0. The molecule has 1 aromatic rings. The van der Waals surface area contributed by atoms with E-state index in [1.54, 1.807) is 0 Å². The largest absolute Gasteiger partial charge is 0.336 e. The van der Waals surface area contributed by atoms with Gasteiger partial charge in [-0.2, -0.15) is 0 Å². The van der Waals surface area contributed by atoms with Crippen LogP contribution in [0.25, 0.3) is 0 Å². The molecule has 1 heterocycles. The number of hydrogen-bond acceptors (Lipinski definition) is 2. The SMILES string of the molecule is CC(C)(C)NCCC(=O)N1CCCC1c1cccc(Cl)c1. The molecule has 0 aliphatic carbocycles. The molecule has 0 saturated carbocycles. The summed E-state index contributed by atoms with van der Waals surface area (Å²) < 4.78 is 0. The summed E-state index contributed by atoms with van der Waals surface area (Å²) in [6.45, 7) is 7.92. The Morgan fingerprint density at radius 3 is 2.86 bits per heavy atom. The summed E-state index contributed by atoms with van der Waals surface area (Å²) in [4.78, 5) is 14.5. The van der Waals surface area contributed by atoms with E-state index in [1.165, 1.54) is 0 Å². The van der Waals surface area contributed by atoms with Gasteiger partial charge in [0.15, 0.2) is 0 Å². The number of halogens is 1. The first-order chi connectivity index (χ1) is 9.87. The molecule has 0 radical (unpaired) electrons. The molecule has 1 saturated heterocycles. The first-order valence-electron chi connectivity index (χ1n) is 7.67. The van der Waals surface area contributed by atoms with Crippen molar-refractivity contribution in [3.63, 3.8) is 0 Å². The highest BCUT2D eigenvalue weighted by atomic mass is 35.5. The summed E-state index contributed by atoms with van der Waals surface area (Å²) in [6.07, 6.45) is 2.64. The van der Waals surface area contributed by atoms with Crippen molar-refractivity contribution in [3.05, 3.63) is 34.9 Å². The number of benzene rings is 1. The van der Waals surface area contributed by atoms with E-state index in [0.717, 1.165) is 36.5 Å². The fraction of sp³-hybridized carbons (Fsp3) is 0.588. The molecule has 116 valence electrons. The molecule has 1 N–H and O–H groups in total. The van der Waals surface area contributed by atoms with Gasteiger partial charge in [0.05, 0.1) is 6.04 Å². The number of nitrogens with one attached hydrogen (secondary N) is 1. The average molecular weight is 309 g/mol. The van der Waals surface area contributed by atoms with E-state index in [1.807, 2.05) is 23.1 Å². The second-order valence-electron chi connectivity index (χ2n) is 6.73. The van der Waals surface area contributed by atoms with Crippen LogP contribution in [0.15, 0.2) is 24.3 Å². The van der Waals surface area contributed by atoms with E-state index in [9.17, 15) is 4.79 Å². The fourth-order valence-electron chi connectivity index (χ4n) is 2.81. The first kappa shape index (κ1) is 16.3. The monoisotopic (exact) mass is 308 g/mol. The van der Waals surface area contributed by atoms with Crippen LogP contribution >= 0.6 is 11.6 Å². The minimum Gasteiger partial charge on any atom is -0.336 e. The maximum atomic E-state index is 12.5. The van der Waals surface area contributed by atoms with Crippen molar-refractivity contribution in [2.24, 2.45) is 0 Å². The second kappa shape index (κ2) is 6.80. The molecular weight excluding hydrogens is 284 g/mol. The molecule has 1 fully saturated rings. The van der Waals surface area contributed by atoms with Crippen LogP contribution < -0.4 is 5.32 Å². The molecule has 0 bridgehead atoms. The molecule has 1 atom stereocenters. The van der Waals surface area contributed by atoms with Gasteiger partial charge in [-0.05, 0) is 51.3 Å². The lowest BCUT2D eigenvalue weighted by Crippen LogP contribution is -2.39. The Morgan fingerprint density at radius 1 is 1.43 bits per heavy atom. The number of amides is 1. The molecule has 21 heavy (non-hydrogen) atoms. The number of hydrogen-bond donors (Lipinski definition) is 1. The zero-order valence-corrected chi connectivity index (χ0v) is 13.9. The third-order valence-corrected chi connectivity index (χ3v) is 4.04. The van der Waals surface area contributed by atoms with Gasteiger partial charge >= 0.3 is 0 Å². The van der Waals surface area contributed by atoms with Crippen molar-refractivity contribution in [2.45, 2.75) is 51.6 Å². The van der Waals surface area contributed by atoms with Crippen molar-refractivity contribution in [2.75, 3.05) is 13.1 Å². The zero-order valence-electron chi connectivity index (χ0n) is 13.2. The smallest absolute Gasteiger partial charge is 0.224 e. The Bertz CT molecular complexity index is 496. The van der Waals surface area contributed by atoms with Gasteiger partial charge in [0, 0.05) is 30.1 Å². The summed E-state index contributed by atoms with van der Waals surface area (Å²) in [6, 6.07) is 8.06. The maximum absolute atomic E-state index is 12.5. The lowest BCUT2D eigenvalue weighted by atomic mass is 10.0. The molecule has 1 aliphatic rings. The van der Waals surface area contributed by atoms with Gasteiger partial charge in [0.2, 0.25) is 5.91 Å². The molecule has 2 rings (SSSR count). The zero-order chi connectivity index (χ0) is 15.5. The lowest BCUT2D eigenvalue weighted by molar-refractivity contribution is -0.132. The predicted octanol–water partition coefficient (Wildman–Crippen LogP) is 3.78. The maximum Gasteiger partial charge on any atom is 0.224 e. The minimum atomic E-state index is 0.0532. The third kappa shape index (κ3) is 4.72. The molecule has 3 nitrogen and oxygen atoms in total. The third-order valence-electron chi connectivity index (χ3n) is 3.80. The van der Waals surface area contributed by atoms with Gasteiger partial charge < -0.3 is 10.2 Å². The molecule has 4 heteroatoms. The van der Waals surface area contributed by atoms with E-state index >= 15 is 0 Å². The first-order valence-corrected chi connectivity index (χ1v) is 8.04. The quantitative estimate of drug-likeness (QED) is 0.918. The average Bonchev–Trinajstić information content (AvgIpc) is 2.86. The van der Waals surface area contributed by atoms with Crippen molar-refractivity contribution in [1.82, 2.24) is 10.2 Å². The number of carbonyl (C=O) groups is 1. The second-order valence-corrected chi connectivity index (χ2v) is 7.16. The number of likely N-dealkylation sites (tertiary alicyclic amines) is 1. The summed E-state index contributed by atoms with van der Waals surface area (Å²) >= 11 is 6.07. The van der Waals surface area contributed by atoms with Crippen molar-refractivity contribution in [3.8, 4) is 0 Å². The Balaban J connectivity index is 1.97. The van der Waals surface area contributed by atoms with Crippen LogP contribution in [0.5, 0.6) is 0 Å². The molecule has 0 aromatic heterocycles. The molecular formula is C17H25ClN2O. The van der Waals surface area contributed by atoms with Crippen LogP contribution in [0.1, 0.15) is 51.6 Å².